The zero-order valence-corrected chi connectivity index (χ0v) is 18.2. The molecule has 0 saturated carbocycles. The number of aromatic nitrogens is 4. The minimum atomic E-state index is -3.64. The molecule has 0 spiro atoms. The Morgan fingerprint density at radius 1 is 1.13 bits per heavy atom. The maximum atomic E-state index is 13.1. The molecule has 0 aliphatic carbocycles. The molecule has 3 heterocycles. The first-order valence-electron chi connectivity index (χ1n) is 9.94. The zero-order chi connectivity index (χ0) is 21.3. The van der Waals surface area contributed by atoms with Gasteiger partial charge in [-0.2, -0.15) is 4.31 Å². The fourth-order valence-electron chi connectivity index (χ4n) is 3.79. The van der Waals surface area contributed by atoms with Gasteiger partial charge in [-0.3, -0.25) is 0 Å². The Bertz CT molecular complexity index is 1130. The molecule has 1 fully saturated rings. The summed E-state index contributed by atoms with van der Waals surface area (Å²) in [6, 6.07) is 10.0. The highest BCUT2D eigenvalue weighted by atomic mass is 32.2. The molecular weight excluding hydrogens is 400 g/mol. The Hall–Kier alpha value is -2.78. The van der Waals surface area contributed by atoms with Crippen molar-refractivity contribution in [3.8, 4) is 11.1 Å². The molecular formula is C21H26N6O2S. The number of piperidine rings is 1. The van der Waals surface area contributed by atoms with Crippen molar-refractivity contribution in [1.82, 2.24) is 23.8 Å². The van der Waals surface area contributed by atoms with Crippen molar-refractivity contribution >= 4 is 16.0 Å². The highest BCUT2D eigenvalue weighted by Crippen LogP contribution is 2.35. The summed E-state index contributed by atoms with van der Waals surface area (Å²) in [6.07, 6.45) is 6.54. The lowest BCUT2D eigenvalue weighted by Gasteiger charge is -2.32. The quantitative estimate of drug-likeness (QED) is 0.623. The van der Waals surface area contributed by atoms with Crippen molar-refractivity contribution in [1.29, 1.82) is 0 Å². The van der Waals surface area contributed by atoms with E-state index < -0.39 is 10.0 Å². The van der Waals surface area contributed by atoms with Crippen LogP contribution in [0.2, 0.25) is 0 Å². The van der Waals surface area contributed by atoms with E-state index in [1.807, 2.05) is 55.5 Å². The molecule has 3 aromatic rings. The maximum absolute atomic E-state index is 13.1. The molecule has 9 heteroatoms. The largest absolute Gasteiger partial charge is 0.347 e. The van der Waals surface area contributed by atoms with Gasteiger partial charge in [0.2, 0.25) is 5.95 Å². The molecule has 1 atom stereocenters. The molecule has 30 heavy (non-hydrogen) atoms. The summed E-state index contributed by atoms with van der Waals surface area (Å²) in [6.45, 7) is 0.865. The standard InChI is InChI=1S/C21H26N6O2S/c1-25(2)21-22-12-18(16-8-5-4-6-9-16)20(24-21)17-10-7-11-27(13-17)30(28,29)19-14-26(3)15-23-19/h4-6,8-9,12,14-15,17H,7,10-11,13H2,1-3H3. The van der Waals surface area contributed by atoms with Crippen LogP contribution in [0.5, 0.6) is 0 Å². The predicted octanol–water partition coefficient (Wildman–Crippen LogP) is 2.51. The normalized spacial score (nSPS) is 17.8. The van der Waals surface area contributed by atoms with Crippen LogP contribution in [0.3, 0.4) is 0 Å². The Morgan fingerprint density at radius 2 is 1.90 bits per heavy atom. The summed E-state index contributed by atoms with van der Waals surface area (Å²) < 4.78 is 29.4. The van der Waals surface area contributed by atoms with Crippen LogP contribution in [0.4, 0.5) is 5.95 Å². The van der Waals surface area contributed by atoms with Gasteiger partial charge in [-0.05, 0) is 18.4 Å². The third kappa shape index (κ3) is 3.95. The van der Waals surface area contributed by atoms with Crippen LogP contribution in [0, 0.1) is 0 Å². The van der Waals surface area contributed by atoms with Gasteiger partial charge in [-0.1, -0.05) is 30.3 Å². The van der Waals surface area contributed by atoms with E-state index in [1.54, 1.807) is 17.8 Å². The van der Waals surface area contributed by atoms with E-state index in [-0.39, 0.29) is 10.9 Å². The SMILES string of the molecule is CN(C)c1ncc(-c2ccccc2)c(C2CCCN(S(=O)(=O)c3cn(C)cn3)C2)n1. The number of aryl methyl sites for hydroxylation is 1. The van der Waals surface area contributed by atoms with E-state index in [4.69, 9.17) is 4.98 Å². The minimum Gasteiger partial charge on any atom is -0.347 e. The summed E-state index contributed by atoms with van der Waals surface area (Å²) in [4.78, 5) is 15.3. The molecule has 2 aromatic heterocycles. The van der Waals surface area contributed by atoms with Crippen LogP contribution in [0.25, 0.3) is 11.1 Å². The van der Waals surface area contributed by atoms with Crippen LogP contribution in [0.1, 0.15) is 24.5 Å². The van der Waals surface area contributed by atoms with E-state index in [9.17, 15) is 8.42 Å². The lowest BCUT2D eigenvalue weighted by atomic mass is 9.91. The van der Waals surface area contributed by atoms with E-state index in [0.717, 1.165) is 29.7 Å². The maximum Gasteiger partial charge on any atom is 0.262 e. The van der Waals surface area contributed by atoms with Gasteiger partial charge < -0.3 is 9.47 Å². The van der Waals surface area contributed by atoms with Crippen LogP contribution >= 0.6 is 0 Å². The summed E-state index contributed by atoms with van der Waals surface area (Å²) >= 11 is 0. The predicted molar refractivity (Wildman–Crippen MR) is 116 cm³/mol. The van der Waals surface area contributed by atoms with Crippen LogP contribution in [-0.4, -0.2) is 59.4 Å². The third-order valence-electron chi connectivity index (χ3n) is 5.35. The summed E-state index contributed by atoms with van der Waals surface area (Å²) in [7, 11) is 1.93. The van der Waals surface area contributed by atoms with E-state index in [1.165, 1.54) is 10.6 Å². The van der Waals surface area contributed by atoms with Gasteiger partial charge in [-0.25, -0.2) is 23.4 Å². The molecule has 1 unspecified atom stereocenters. The molecule has 1 saturated heterocycles. The number of hydrogen-bond acceptors (Lipinski definition) is 6. The molecule has 8 nitrogen and oxygen atoms in total. The van der Waals surface area contributed by atoms with Crippen molar-refractivity contribution in [2.75, 3.05) is 32.1 Å². The second kappa shape index (κ2) is 8.16. The zero-order valence-electron chi connectivity index (χ0n) is 17.4. The van der Waals surface area contributed by atoms with E-state index >= 15 is 0 Å². The number of rotatable bonds is 5. The van der Waals surface area contributed by atoms with Gasteiger partial charge in [0, 0.05) is 58.1 Å². The van der Waals surface area contributed by atoms with Gasteiger partial charge in [0.25, 0.3) is 10.0 Å². The monoisotopic (exact) mass is 426 g/mol. The van der Waals surface area contributed by atoms with E-state index in [0.29, 0.717) is 19.0 Å². The molecule has 0 bridgehead atoms. The fourth-order valence-corrected chi connectivity index (χ4v) is 5.28. The third-order valence-corrected chi connectivity index (χ3v) is 7.10. The van der Waals surface area contributed by atoms with E-state index in [2.05, 4.69) is 9.97 Å². The van der Waals surface area contributed by atoms with Gasteiger partial charge in [0.05, 0.1) is 12.0 Å². The van der Waals surface area contributed by atoms with Gasteiger partial charge in [0.15, 0.2) is 5.03 Å². The first kappa shape index (κ1) is 20.5. The van der Waals surface area contributed by atoms with Crippen LogP contribution in [-0.2, 0) is 17.1 Å². The summed E-state index contributed by atoms with van der Waals surface area (Å²) in [5.41, 5.74) is 2.87. The van der Waals surface area contributed by atoms with Gasteiger partial charge >= 0.3 is 0 Å². The van der Waals surface area contributed by atoms with Crippen LogP contribution < -0.4 is 4.90 Å². The molecule has 4 rings (SSSR count). The highest BCUT2D eigenvalue weighted by Gasteiger charge is 2.34. The lowest BCUT2D eigenvalue weighted by Crippen LogP contribution is -2.39. The number of imidazole rings is 1. The smallest absolute Gasteiger partial charge is 0.262 e. The number of nitrogens with zero attached hydrogens (tertiary/aromatic N) is 6. The summed E-state index contributed by atoms with van der Waals surface area (Å²) in [5, 5.41) is 0.0885. The van der Waals surface area contributed by atoms with Crippen molar-refractivity contribution < 1.29 is 8.42 Å². The number of anilines is 1. The molecule has 1 aliphatic rings. The molecule has 1 aromatic carbocycles. The first-order valence-corrected chi connectivity index (χ1v) is 11.4. The second-order valence-electron chi connectivity index (χ2n) is 7.81. The van der Waals surface area contributed by atoms with Gasteiger partial charge in [0.1, 0.15) is 0 Å². The van der Waals surface area contributed by atoms with Crippen molar-refractivity contribution in [3.05, 3.63) is 54.7 Å². The van der Waals surface area contributed by atoms with Crippen molar-refractivity contribution in [2.45, 2.75) is 23.8 Å². The Kier molecular flexibility index (Phi) is 5.57. The first-order chi connectivity index (χ1) is 14.4. The molecule has 1 aliphatic heterocycles. The van der Waals surface area contributed by atoms with Crippen molar-refractivity contribution in [3.63, 3.8) is 0 Å². The number of hydrogen-bond donors (Lipinski definition) is 0. The number of benzene rings is 1. The average molecular weight is 427 g/mol. The topological polar surface area (TPSA) is 84.2 Å². The van der Waals surface area contributed by atoms with Gasteiger partial charge in [-0.15, -0.1) is 0 Å². The molecule has 0 radical (unpaired) electrons. The molecule has 0 N–H and O–H groups in total. The van der Waals surface area contributed by atoms with Crippen molar-refractivity contribution in [2.24, 2.45) is 7.05 Å². The highest BCUT2D eigenvalue weighted by molar-refractivity contribution is 7.89. The lowest BCUT2D eigenvalue weighted by molar-refractivity contribution is 0.312. The number of sulfonamides is 1. The molecule has 158 valence electrons. The van der Waals surface area contributed by atoms with Crippen LogP contribution in [0.15, 0.2) is 54.1 Å². The molecule has 0 amide bonds. The average Bonchev–Trinajstić information content (AvgIpc) is 3.21. The Balaban J connectivity index is 1.71. The summed E-state index contributed by atoms with van der Waals surface area (Å²) in [5.74, 6) is 0.600. The Morgan fingerprint density at radius 3 is 2.57 bits per heavy atom. The Labute approximate surface area is 177 Å². The second-order valence-corrected chi connectivity index (χ2v) is 9.69. The minimum absolute atomic E-state index is 0.0193. The fraction of sp³-hybridized carbons (Fsp3) is 0.381.